The standard InChI is InChI=1S/C15H18F2N2O2/c1-15(2,3)19-8-10(7-13(19)20)18-14(21)9-4-5-11(16)12(17)6-9/h4-6,10H,7-8H2,1-3H3,(H,18,21). The van der Waals surface area contributed by atoms with Gasteiger partial charge in [-0.3, -0.25) is 9.59 Å². The first kappa shape index (κ1) is 15.4. The van der Waals surface area contributed by atoms with Gasteiger partial charge >= 0.3 is 0 Å². The second-order valence-corrected chi connectivity index (χ2v) is 6.18. The maximum Gasteiger partial charge on any atom is 0.251 e. The molecule has 1 saturated heterocycles. The number of carbonyl (C=O) groups is 2. The Morgan fingerprint density at radius 1 is 1.29 bits per heavy atom. The lowest BCUT2D eigenvalue weighted by atomic mass is 10.1. The van der Waals surface area contributed by atoms with Gasteiger partial charge < -0.3 is 10.2 Å². The molecule has 1 aliphatic heterocycles. The van der Waals surface area contributed by atoms with Crippen LogP contribution in [0.2, 0.25) is 0 Å². The molecular formula is C15H18F2N2O2. The van der Waals surface area contributed by atoms with Crippen molar-refractivity contribution >= 4 is 11.8 Å². The molecule has 1 fully saturated rings. The summed E-state index contributed by atoms with van der Waals surface area (Å²) in [5.41, 5.74) is -0.269. The normalized spacial score (nSPS) is 19.0. The maximum atomic E-state index is 13.1. The van der Waals surface area contributed by atoms with E-state index in [-0.39, 0.29) is 29.5 Å². The maximum absolute atomic E-state index is 13.1. The third kappa shape index (κ3) is 3.37. The molecular weight excluding hydrogens is 278 g/mol. The minimum Gasteiger partial charge on any atom is -0.347 e. The monoisotopic (exact) mass is 296 g/mol. The Balaban J connectivity index is 2.04. The summed E-state index contributed by atoms with van der Waals surface area (Å²) in [5, 5.41) is 2.68. The molecule has 1 aromatic rings. The highest BCUT2D eigenvalue weighted by atomic mass is 19.2. The number of benzene rings is 1. The predicted octanol–water partition coefficient (Wildman–Crippen LogP) is 2.09. The Hall–Kier alpha value is -1.98. The average molecular weight is 296 g/mol. The fourth-order valence-corrected chi connectivity index (χ4v) is 2.36. The summed E-state index contributed by atoms with van der Waals surface area (Å²) in [6, 6.07) is 2.65. The Bertz CT molecular complexity index is 582. The number of nitrogens with one attached hydrogen (secondary N) is 1. The first-order valence-electron chi connectivity index (χ1n) is 6.75. The lowest BCUT2D eigenvalue weighted by Gasteiger charge is -2.32. The molecule has 0 spiro atoms. The van der Waals surface area contributed by atoms with Crippen LogP contribution in [-0.2, 0) is 4.79 Å². The predicted molar refractivity (Wildman–Crippen MR) is 73.7 cm³/mol. The van der Waals surface area contributed by atoms with Crippen molar-refractivity contribution < 1.29 is 18.4 Å². The van der Waals surface area contributed by atoms with E-state index in [1.54, 1.807) is 4.90 Å². The molecule has 0 bridgehead atoms. The molecule has 1 heterocycles. The molecule has 0 aromatic heterocycles. The fourth-order valence-electron chi connectivity index (χ4n) is 2.36. The van der Waals surface area contributed by atoms with E-state index in [0.717, 1.165) is 12.1 Å². The highest BCUT2D eigenvalue weighted by Gasteiger charge is 2.36. The molecule has 21 heavy (non-hydrogen) atoms. The van der Waals surface area contributed by atoms with Crippen molar-refractivity contribution in [3.63, 3.8) is 0 Å². The van der Waals surface area contributed by atoms with Gasteiger partial charge in [-0.25, -0.2) is 8.78 Å². The summed E-state index contributed by atoms with van der Waals surface area (Å²) in [6.45, 7) is 6.18. The van der Waals surface area contributed by atoms with E-state index >= 15 is 0 Å². The lowest BCUT2D eigenvalue weighted by molar-refractivity contribution is -0.131. The zero-order valence-corrected chi connectivity index (χ0v) is 12.2. The molecule has 1 atom stereocenters. The Morgan fingerprint density at radius 3 is 2.48 bits per heavy atom. The summed E-state index contributed by atoms with van der Waals surface area (Å²) in [7, 11) is 0. The molecule has 2 amide bonds. The van der Waals surface area contributed by atoms with Crippen LogP contribution in [0.3, 0.4) is 0 Å². The van der Waals surface area contributed by atoms with Crippen LogP contribution >= 0.6 is 0 Å². The molecule has 1 N–H and O–H groups in total. The van der Waals surface area contributed by atoms with Gasteiger partial charge in [-0.15, -0.1) is 0 Å². The van der Waals surface area contributed by atoms with Crippen LogP contribution in [0.4, 0.5) is 8.78 Å². The second-order valence-electron chi connectivity index (χ2n) is 6.18. The van der Waals surface area contributed by atoms with Gasteiger partial charge in [0.2, 0.25) is 5.91 Å². The van der Waals surface area contributed by atoms with Gasteiger partial charge in [0, 0.05) is 24.1 Å². The molecule has 1 unspecified atom stereocenters. The number of amides is 2. The third-order valence-electron chi connectivity index (χ3n) is 3.45. The number of carbonyl (C=O) groups excluding carboxylic acids is 2. The summed E-state index contributed by atoms with van der Waals surface area (Å²) >= 11 is 0. The van der Waals surface area contributed by atoms with Crippen LogP contribution < -0.4 is 5.32 Å². The van der Waals surface area contributed by atoms with E-state index in [1.807, 2.05) is 20.8 Å². The summed E-state index contributed by atoms with van der Waals surface area (Å²) in [5.74, 6) is -2.61. The first-order chi connectivity index (χ1) is 9.68. The molecule has 1 aromatic carbocycles. The molecule has 2 rings (SSSR count). The van der Waals surface area contributed by atoms with Gasteiger partial charge in [0.05, 0.1) is 6.04 Å². The number of hydrogen-bond donors (Lipinski definition) is 1. The molecule has 1 aliphatic rings. The molecule has 0 saturated carbocycles. The van der Waals surface area contributed by atoms with Gasteiger partial charge in [0.1, 0.15) is 0 Å². The number of halogens is 2. The highest BCUT2D eigenvalue weighted by Crippen LogP contribution is 2.22. The minimum atomic E-state index is -1.07. The second kappa shape index (κ2) is 5.42. The van der Waals surface area contributed by atoms with E-state index in [0.29, 0.717) is 6.54 Å². The number of hydrogen-bond acceptors (Lipinski definition) is 2. The number of likely N-dealkylation sites (tertiary alicyclic amines) is 1. The van der Waals surface area contributed by atoms with Crippen molar-refractivity contribution in [3.8, 4) is 0 Å². The quantitative estimate of drug-likeness (QED) is 0.908. The lowest BCUT2D eigenvalue weighted by Crippen LogP contribution is -2.44. The highest BCUT2D eigenvalue weighted by molar-refractivity contribution is 5.95. The van der Waals surface area contributed by atoms with Crippen LogP contribution in [0.1, 0.15) is 37.6 Å². The molecule has 4 nitrogen and oxygen atoms in total. The summed E-state index contributed by atoms with van der Waals surface area (Å²) in [6.07, 6.45) is 0.215. The van der Waals surface area contributed by atoms with E-state index < -0.39 is 17.5 Å². The Morgan fingerprint density at radius 2 is 1.95 bits per heavy atom. The number of nitrogens with zero attached hydrogens (tertiary/aromatic N) is 1. The number of rotatable bonds is 2. The van der Waals surface area contributed by atoms with Gasteiger partial charge in [0.25, 0.3) is 5.91 Å². The average Bonchev–Trinajstić information content (AvgIpc) is 2.73. The summed E-state index contributed by atoms with van der Waals surface area (Å²) < 4.78 is 26.0. The van der Waals surface area contributed by atoms with Crippen molar-refractivity contribution in [1.82, 2.24) is 10.2 Å². The van der Waals surface area contributed by atoms with Crippen molar-refractivity contribution in [2.75, 3.05) is 6.54 Å². The smallest absolute Gasteiger partial charge is 0.251 e. The van der Waals surface area contributed by atoms with Gasteiger partial charge in [0.15, 0.2) is 11.6 Å². The summed E-state index contributed by atoms with van der Waals surface area (Å²) in [4.78, 5) is 25.6. The molecule has 0 aliphatic carbocycles. The van der Waals surface area contributed by atoms with Crippen LogP contribution in [0.15, 0.2) is 18.2 Å². The topological polar surface area (TPSA) is 49.4 Å². The van der Waals surface area contributed by atoms with Gasteiger partial charge in [-0.2, -0.15) is 0 Å². The van der Waals surface area contributed by atoms with Crippen molar-refractivity contribution in [2.45, 2.75) is 38.8 Å². The third-order valence-corrected chi connectivity index (χ3v) is 3.45. The molecule has 114 valence electrons. The zero-order valence-electron chi connectivity index (χ0n) is 12.2. The van der Waals surface area contributed by atoms with Crippen molar-refractivity contribution in [3.05, 3.63) is 35.4 Å². The van der Waals surface area contributed by atoms with Gasteiger partial charge in [-0.1, -0.05) is 0 Å². The van der Waals surface area contributed by atoms with Gasteiger partial charge in [-0.05, 0) is 39.0 Å². The van der Waals surface area contributed by atoms with Crippen LogP contribution in [0, 0.1) is 11.6 Å². The van der Waals surface area contributed by atoms with Crippen molar-refractivity contribution in [2.24, 2.45) is 0 Å². The minimum absolute atomic E-state index is 0.0295. The zero-order chi connectivity index (χ0) is 15.8. The molecule has 6 heteroatoms. The van der Waals surface area contributed by atoms with E-state index in [9.17, 15) is 18.4 Å². The van der Waals surface area contributed by atoms with E-state index in [1.165, 1.54) is 6.07 Å². The van der Waals surface area contributed by atoms with Crippen molar-refractivity contribution in [1.29, 1.82) is 0 Å². The molecule has 0 radical (unpaired) electrons. The Labute approximate surface area is 122 Å². The van der Waals surface area contributed by atoms with Crippen LogP contribution in [0.5, 0.6) is 0 Å². The van der Waals surface area contributed by atoms with E-state index in [4.69, 9.17) is 0 Å². The van der Waals surface area contributed by atoms with Crippen LogP contribution in [-0.4, -0.2) is 34.8 Å². The SMILES string of the molecule is CC(C)(C)N1CC(NC(=O)c2ccc(F)c(F)c2)CC1=O. The largest absolute Gasteiger partial charge is 0.347 e. The first-order valence-corrected chi connectivity index (χ1v) is 6.75. The fraction of sp³-hybridized carbons (Fsp3) is 0.467. The Kier molecular flexibility index (Phi) is 3.98. The van der Waals surface area contributed by atoms with Crippen LogP contribution in [0.25, 0.3) is 0 Å². The van der Waals surface area contributed by atoms with E-state index in [2.05, 4.69) is 5.32 Å².